The van der Waals surface area contributed by atoms with Gasteiger partial charge in [0.05, 0.1) is 0 Å². The molecule has 3 N–H and O–H groups in total. The molecule has 16 heavy (non-hydrogen) atoms. The molecular weight excluding hydrogens is 230 g/mol. The smallest absolute Gasteiger partial charge is 0.282 e. The zero-order valence-corrected chi connectivity index (χ0v) is 9.85. The van der Waals surface area contributed by atoms with Gasteiger partial charge in [0.25, 0.3) is 5.91 Å². The Labute approximate surface area is 96.6 Å². The van der Waals surface area contributed by atoms with E-state index in [1.54, 1.807) is 14.1 Å². The third kappa shape index (κ3) is 3.46. The highest BCUT2D eigenvalue weighted by molar-refractivity contribution is 7.17. The summed E-state index contributed by atoms with van der Waals surface area (Å²) in [5.74, 6) is -0.434. The zero-order valence-electron chi connectivity index (χ0n) is 9.03. The van der Waals surface area contributed by atoms with Gasteiger partial charge in [0.15, 0.2) is 0 Å². The molecule has 0 spiro atoms. The first-order valence-corrected chi connectivity index (χ1v) is 5.49. The molecule has 0 aliphatic rings. The van der Waals surface area contributed by atoms with Crippen molar-refractivity contribution in [1.29, 1.82) is 0 Å². The molecule has 1 heterocycles. The quantitative estimate of drug-likeness (QED) is 0.644. The van der Waals surface area contributed by atoms with Crippen LogP contribution in [-0.4, -0.2) is 42.7 Å². The number of aromatic nitrogens is 2. The molecule has 0 radical (unpaired) electrons. The highest BCUT2D eigenvalue weighted by atomic mass is 32.1. The van der Waals surface area contributed by atoms with E-state index >= 15 is 0 Å². The minimum Gasteiger partial charge on any atom is -0.363 e. The summed E-state index contributed by atoms with van der Waals surface area (Å²) in [7, 11) is 3.25. The van der Waals surface area contributed by atoms with Crippen molar-refractivity contribution >= 4 is 28.3 Å². The molecular formula is C8H13N5O2S. The van der Waals surface area contributed by atoms with Crippen molar-refractivity contribution in [2.75, 3.05) is 26.0 Å². The Kier molecular flexibility index (Phi) is 4.65. The fraction of sp³-hybridized carbons (Fsp3) is 0.500. The number of hydrogen-bond donors (Lipinski definition) is 3. The lowest BCUT2D eigenvalue weighted by atomic mass is 10.4. The minimum atomic E-state index is -0.317. The fourth-order valence-electron chi connectivity index (χ4n) is 0.906. The van der Waals surface area contributed by atoms with Crippen LogP contribution in [0.15, 0.2) is 0 Å². The highest BCUT2D eigenvalue weighted by Crippen LogP contribution is 2.13. The van der Waals surface area contributed by atoms with Crippen LogP contribution in [-0.2, 0) is 4.79 Å². The number of amides is 2. The van der Waals surface area contributed by atoms with Crippen molar-refractivity contribution in [3.05, 3.63) is 5.01 Å². The molecule has 0 aliphatic carbocycles. The third-order valence-corrected chi connectivity index (χ3v) is 2.69. The molecule has 7 nitrogen and oxygen atoms in total. The Morgan fingerprint density at radius 3 is 2.62 bits per heavy atom. The summed E-state index contributed by atoms with van der Waals surface area (Å²) in [4.78, 5) is 22.4. The maximum atomic E-state index is 11.5. The van der Waals surface area contributed by atoms with E-state index in [2.05, 4.69) is 26.1 Å². The average molecular weight is 243 g/mol. The molecule has 1 aromatic rings. The average Bonchev–Trinajstić information content (AvgIpc) is 2.77. The molecule has 2 amide bonds. The molecule has 0 atom stereocenters. The van der Waals surface area contributed by atoms with E-state index in [0.717, 1.165) is 11.3 Å². The summed E-state index contributed by atoms with van der Waals surface area (Å²) in [6, 6.07) is 0. The lowest BCUT2D eigenvalue weighted by molar-refractivity contribution is -0.120. The lowest BCUT2D eigenvalue weighted by Gasteiger charge is -2.01. The van der Waals surface area contributed by atoms with Gasteiger partial charge in [-0.15, -0.1) is 10.2 Å². The molecule has 0 saturated heterocycles. The normalized spacial score (nSPS) is 9.62. The second-order valence-electron chi connectivity index (χ2n) is 2.84. The molecule has 0 aliphatic heterocycles. The number of rotatable bonds is 5. The molecule has 0 bridgehead atoms. The van der Waals surface area contributed by atoms with E-state index in [-0.39, 0.29) is 29.8 Å². The van der Waals surface area contributed by atoms with Crippen molar-refractivity contribution in [1.82, 2.24) is 20.8 Å². The van der Waals surface area contributed by atoms with E-state index < -0.39 is 0 Å². The Hall–Kier alpha value is -1.70. The highest BCUT2D eigenvalue weighted by Gasteiger charge is 2.11. The van der Waals surface area contributed by atoms with Gasteiger partial charge in [-0.25, -0.2) is 0 Å². The molecule has 8 heteroatoms. The lowest BCUT2D eigenvalue weighted by Crippen LogP contribution is -2.29. The van der Waals surface area contributed by atoms with Gasteiger partial charge in [-0.1, -0.05) is 11.3 Å². The van der Waals surface area contributed by atoms with Crippen LogP contribution in [0.2, 0.25) is 0 Å². The number of carbonyl (C=O) groups is 2. The molecule has 0 aromatic carbocycles. The first-order valence-electron chi connectivity index (χ1n) is 4.67. The number of nitrogens with one attached hydrogen (secondary N) is 3. The third-order valence-electron chi connectivity index (χ3n) is 1.75. The van der Waals surface area contributed by atoms with E-state index in [1.165, 1.54) is 0 Å². The van der Waals surface area contributed by atoms with Crippen LogP contribution < -0.4 is 16.0 Å². The topological polar surface area (TPSA) is 96.0 Å². The van der Waals surface area contributed by atoms with Crippen LogP contribution in [0, 0.1) is 0 Å². The van der Waals surface area contributed by atoms with Gasteiger partial charge < -0.3 is 16.0 Å². The monoisotopic (exact) mass is 243 g/mol. The van der Waals surface area contributed by atoms with E-state index in [9.17, 15) is 9.59 Å². The maximum Gasteiger partial charge on any atom is 0.282 e. The summed E-state index contributed by atoms with van der Waals surface area (Å²) in [6.07, 6.45) is 0.250. The second kappa shape index (κ2) is 6.01. The maximum absolute atomic E-state index is 11.5. The van der Waals surface area contributed by atoms with Crippen LogP contribution in [0.4, 0.5) is 5.13 Å². The summed E-state index contributed by atoms with van der Waals surface area (Å²) >= 11 is 1.16. The van der Waals surface area contributed by atoms with Crippen LogP contribution in [0.3, 0.4) is 0 Å². The summed E-state index contributed by atoms with van der Waals surface area (Å²) < 4.78 is 0. The summed E-state index contributed by atoms with van der Waals surface area (Å²) in [5, 5.41) is 16.1. The summed E-state index contributed by atoms with van der Waals surface area (Å²) in [5.41, 5.74) is 0. The molecule has 88 valence electrons. The Balaban J connectivity index is 2.38. The van der Waals surface area contributed by atoms with Crippen molar-refractivity contribution in [3.8, 4) is 0 Å². The largest absolute Gasteiger partial charge is 0.363 e. The van der Waals surface area contributed by atoms with Crippen LogP contribution in [0.1, 0.15) is 16.2 Å². The van der Waals surface area contributed by atoms with Gasteiger partial charge in [0, 0.05) is 27.1 Å². The zero-order chi connectivity index (χ0) is 12.0. The Morgan fingerprint density at radius 1 is 1.31 bits per heavy atom. The second-order valence-corrected chi connectivity index (χ2v) is 3.82. The van der Waals surface area contributed by atoms with Crippen molar-refractivity contribution in [2.24, 2.45) is 0 Å². The number of nitrogens with zero attached hydrogens (tertiary/aromatic N) is 2. The van der Waals surface area contributed by atoms with Crippen LogP contribution >= 0.6 is 11.3 Å². The van der Waals surface area contributed by atoms with Crippen LogP contribution in [0.25, 0.3) is 0 Å². The van der Waals surface area contributed by atoms with E-state index in [0.29, 0.717) is 5.13 Å². The van der Waals surface area contributed by atoms with Gasteiger partial charge in [-0.2, -0.15) is 0 Å². The minimum absolute atomic E-state index is 0.117. The van der Waals surface area contributed by atoms with Gasteiger partial charge in [0.2, 0.25) is 16.0 Å². The van der Waals surface area contributed by atoms with Crippen LogP contribution in [0.5, 0.6) is 0 Å². The van der Waals surface area contributed by atoms with E-state index in [1.807, 2.05) is 0 Å². The SMILES string of the molecule is CNC(=O)CCNC(=O)c1nnc(NC)s1. The van der Waals surface area contributed by atoms with E-state index in [4.69, 9.17) is 0 Å². The number of carbonyl (C=O) groups excluding carboxylic acids is 2. The number of hydrogen-bond acceptors (Lipinski definition) is 6. The Morgan fingerprint density at radius 2 is 2.06 bits per heavy atom. The van der Waals surface area contributed by atoms with Crippen molar-refractivity contribution in [2.45, 2.75) is 6.42 Å². The first kappa shape index (κ1) is 12.4. The summed E-state index contributed by atoms with van der Waals surface area (Å²) in [6.45, 7) is 0.285. The molecule has 1 rings (SSSR count). The predicted molar refractivity (Wildman–Crippen MR) is 60.5 cm³/mol. The number of anilines is 1. The van der Waals surface area contributed by atoms with Gasteiger partial charge >= 0.3 is 0 Å². The predicted octanol–water partition coefficient (Wildman–Crippen LogP) is -0.554. The first-order chi connectivity index (χ1) is 7.67. The Bertz CT molecular complexity index is 378. The van der Waals surface area contributed by atoms with Gasteiger partial charge in [0.1, 0.15) is 0 Å². The van der Waals surface area contributed by atoms with Crippen molar-refractivity contribution in [3.63, 3.8) is 0 Å². The molecule has 1 aromatic heterocycles. The molecule has 0 saturated carbocycles. The molecule has 0 unspecified atom stereocenters. The van der Waals surface area contributed by atoms with Gasteiger partial charge in [-0.05, 0) is 0 Å². The molecule has 0 fully saturated rings. The van der Waals surface area contributed by atoms with Gasteiger partial charge in [-0.3, -0.25) is 9.59 Å². The standard InChI is InChI=1S/C8H13N5O2S/c1-9-5(14)3-4-11-6(15)7-12-13-8(10-2)16-7/h3-4H2,1-2H3,(H,9,14)(H,10,13)(H,11,15). The van der Waals surface area contributed by atoms with Crippen molar-refractivity contribution < 1.29 is 9.59 Å². The fourth-order valence-corrected chi connectivity index (χ4v) is 1.52.